The zero-order valence-corrected chi connectivity index (χ0v) is 13.2. The number of rotatable bonds is 5. The Balaban J connectivity index is 1.56. The van der Waals surface area contributed by atoms with Crippen molar-refractivity contribution in [1.29, 1.82) is 0 Å². The van der Waals surface area contributed by atoms with Crippen molar-refractivity contribution >= 4 is 23.0 Å². The number of halogens is 1. The largest absolute Gasteiger partial charge is 0.494 e. The first-order valence-corrected chi connectivity index (χ1v) is 7.98. The van der Waals surface area contributed by atoms with Crippen molar-refractivity contribution in [3.63, 3.8) is 0 Å². The number of methoxy groups -OCH3 is 1. The fourth-order valence-electron chi connectivity index (χ4n) is 2.26. The molecule has 2 heterocycles. The molecule has 0 aliphatic carbocycles. The van der Waals surface area contributed by atoms with E-state index < -0.39 is 5.82 Å². The molecule has 23 heavy (non-hydrogen) atoms. The molecule has 0 unspecified atom stereocenters. The van der Waals surface area contributed by atoms with Crippen LogP contribution in [-0.4, -0.2) is 31.4 Å². The molecule has 1 aromatic heterocycles. The van der Waals surface area contributed by atoms with Crippen molar-refractivity contribution in [1.82, 2.24) is 5.32 Å². The molecule has 1 N–H and O–H groups in total. The van der Waals surface area contributed by atoms with Gasteiger partial charge in [-0.25, -0.2) is 4.39 Å². The van der Waals surface area contributed by atoms with Crippen molar-refractivity contribution < 1.29 is 18.8 Å². The number of amides is 1. The average Bonchev–Trinajstić information content (AvgIpc) is 3.24. The van der Waals surface area contributed by atoms with Crippen LogP contribution < -0.4 is 10.1 Å². The molecule has 1 atom stereocenters. The highest BCUT2D eigenvalue weighted by atomic mass is 32.1. The van der Waals surface area contributed by atoms with Crippen LogP contribution in [0.15, 0.2) is 40.2 Å². The fraction of sp³-hybridized carbons (Fsp3) is 0.250. The van der Waals surface area contributed by atoms with Crippen molar-refractivity contribution in [3.8, 4) is 5.75 Å². The molecule has 5 nitrogen and oxygen atoms in total. The third-order valence-electron chi connectivity index (χ3n) is 3.49. The predicted octanol–water partition coefficient (Wildman–Crippen LogP) is 2.82. The molecule has 0 bridgehead atoms. The number of thiophene rings is 1. The lowest BCUT2D eigenvalue weighted by molar-refractivity contribution is 0.0754. The van der Waals surface area contributed by atoms with Crippen LogP contribution in [0.3, 0.4) is 0 Å². The van der Waals surface area contributed by atoms with Gasteiger partial charge in [-0.05, 0) is 29.6 Å². The van der Waals surface area contributed by atoms with Crippen LogP contribution in [-0.2, 0) is 4.84 Å². The van der Waals surface area contributed by atoms with Gasteiger partial charge >= 0.3 is 0 Å². The molecule has 3 rings (SSSR count). The Hall–Kier alpha value is -2.41. The first kappa shape index (κ1) is 15.5. The lowest BCUT2D eigenvalue weighted by Gasteiger charge is -2.09. The summed E-state index contributed by atoms with van der Waals surface area (Å²) in [5.74, 6) is -0.395. The minimum Gasteiger partial charge on any atom is -0.494 e. The highest BCUT2D eigenvalue weighted by molar-refractivity contribution is 7.08. The third kappa shape index (κ3) is 3.50. The van der Waals surface area contributed by atoms with Crippen LogP contribution >= 0.6 is 11.3 Å². The average molecular weight is 334 g/mol. The SMILES string of the molecule is COc1ccc(C2=NO[C@@H](CNC(=O)c3ccsc3)C2)cc1F. The maximum Gasteiger partial charge on any atom is 0.252 e. The van der Waals surface area contributed by atoms with E-state index in [1.165, 1.54) is 24.5 Å². The van der Waals surface area contributed by atoms with Crippen molar-refractivity contribution in [2.75, 3.05) is 13.7 Å². The van der Waals surface area contributed by atoms with Crippen molar-refractivity contribution in [2.24, 2.45) is 5.16 Å². The van der Waals surface area contributed by atoms with Gasteiger partial charge in [0.2, 0.25) is 0 Å². The van der Waals surface area contributed by atoms with Gasteiger partial charge in [0.1, 0.15) is 6.10 Å². The van der Waals surface area contributed by atoms with E-state index in [9.17, 15) is 9.18 Å². The molecule has 0 fully saturated rings. The second kappa shape index (κ2) is 6.78. The summed E-state index contributed by atoms with van der Waals surface area (Å²) in [5.41, 5.74) is 1.93. The summed E-state index contributed by atoms with van der Waals surface area (Å²) in [4.78, 5) is 17.2. The first-order chi connectivity index (χ1) is 11.2. The Labute approximate surface area is 136 Å². The predicted molar refractivity (Wildman–Crippen MR) is 85.6 cm³/mol. The monoisotopic (exact) mass is 334 g/mol. The molecular formula is C16H15FN2O3S. The molecule has 1 aliphatic heterocycles. The second-order valence-electron chi connectivity index (χ2n) is 5.04. The van der Waals surface area contributed by atoms with E-state index in [2.05, 4.69) is 10.5 Å². The van der Waals surface area contributed by atoms with Gasteiger partial charge in [-0.2, -0.15) is 11.3 Å². The van der Waals surface area contributed by atoms with Gasteiger partial charge in [-0.3, -0.25) is 4.79 Å². The quantitative estimate of drug-likeness (QED) is 0.915. The molecule has 120 valence electrons. The number of nitrogens with one attached hydrogen (secondary N) is 1. The van der Waals surface area contributed by atoms with E-state index in [0.717, 1.165) is 0 Å². The maximum absolute atomic E-state index is 13.7. The summed E-state index contributed by atoms with van der Waals surface area (Å²) in [6.07, 6.45) is 0.258. The Kier molecular flexibility index (Phi) is 4.57. The highest BCUT2D eigenvalue weighted by Crippen LogP contribution is 2.22. The Bertz CT molecular complexity index is 731. The number of nitrogens with zero attached hydrogens (tertiary/aromatic N) is 1. The van der Waals surface area contributed by atoms with Crippen LogP contribution in [0.1, 0.15) is 22.3 Å². The maximum atomic E-state index is 13.7. The van der Waals surface area contributed by atoms with E-state index >= 15 is 0 Å². The lowest BCUT2D eigenvalue weighted by atomic mass is 10.0. The zero-order chi connectivity index (χ0) is 16.2. The number of carbonyl (C=O) groups is 1. The van der Waals surface area contributed by atoms with E-state index in [1.54, 1.807) is 23.6 Å². The summed E-state index contributed by atoms with van der Waals surface area (Å²) in [5, 5.41) is 10.4. The zero-order valence-electron chi connectivity index (χ0n) is 12.4. The summed E-state index contributed by atoms with van der Waals surface area (Å²) in [6, 6.07) is 6.42. The highest BCUT2D eigenvalue weighted by Gasteiger charge is 2.23. The topological polar surface area (TPSA) is 59.9 Å². The van der Waals surface area contributed by atoms with Crippen LogP contribution in [0.25, 0.3) is 0 Å². The molecule has 2 aromatic rings. The Morgan fingerprint density at radius 3 is 3.09 bits per heavy atom. The van der Waals surface area contributed by atoms with E-state index in [0.29, 0.717) is 29.8 Å². The van der Waals surface area contributed by atoms with Gasteiger partial charge < -0.3 is 14.9 Å². The lowest BCUT2D eigenvalue weighted by Crippen LogP contribution is -2.32. The van der Waals surface area contributed by atoms with E-state index in [1.807, 2.05) is 5.38 Å². The van der Waals surface area contributed by atoms with Crippen LogP contribution in [0.2, 0.25) is 0 Å². The molecule has 0 radical (unpaired) electrons. The number of oxime groups is 1. The molecule has 0 saturated heterocycles. The van der Waals surface area contributed by atoms with Gasteiger partial charge in [0, 0.05) is 22.9 Å². The summed E-state index contributed by atoms with van der Waals surface area (Å²) in [7, 11) is 1.42. The molecule has 1 aliphatic rings. The van der Waals surface area contributed by atoms with Crippen LogP contribution in [0.4, 0.5) is 4.39 Å². The normalized spacial score (nSPS) is 16.6. The Morgan fingerprint density at radius 2 is 2.39 bits per heavy atom. The van der Waals surface area contributed by atoms with Gasteiger partial charge in [0.15, 0.2) is 11.6 Å². The van der Waals surface area contributed by atoms with Crippen molar-refractivity contribution in [2.45, 2.75) is 12.5 Å². The molecule has 1 amide bonds. The summed E-state index contributed by atoms with van der Waals surface area (Å²) in [6.45, 7) is 0.348. The smallest absolute Gasteiger partial charge is 0.252 e. The number of carbonyl (C=O) groups excluding carboxylic acids is 1. The Morgan fingerprint density at radius 1 is 1.52 bits per heavy atom. The summed E-state index contributed by atoms with van der Waals surface area (Å²) < 4.78 is 18.6. The van der Waals surface area contributed by atoms with Gasteiger partial charge in [0.25, 0.3) is 5.91 Å². The van der Waals surface area contributed by atoms with Gasteiger partial charge in [-0.15, -0.1) is 0 Å². The number of benzene rings is 1. The second-order valence-corrected chi connectivity index (χ2v) is 5.82. The molecular weight excluding hydrogens is 319 g/mol. The minimum absolute atomic E-state index is 0.140. The molecule has 0 spiro atoms. The fourth-order valence-corrected chi connectivity index (χ4v) is 2.89. The molecule has 1 aromatic carbocycles. The van der Waals surface area contributed by atoms with Crippen molar-refractivity contribution in [3.05, 3.63) is 52.0 Å². The number of hydrogen-bond acceptors (Lipinski definition) is 5. The number of ether oxygens (including phenoxy) is 1. The van der Waals surface area contributed by atoms with Gasteiger partial charge in [-0.1, -0.05) is 5.16 Å². The standard InChI is InChI=1S/C16H15FN2O3S/c1-21-15-3-2-10(6-13(15)17)14-7-12(22-19-14)8-18-16(20)11-4-5-23-9-11/h2-6,9,12H,7-8H2,1H3,(H,18,20)/t12-/m1/s1. The third-order valence-corrected chi connectivity index (χ3v) is 4.17. The number of hydrogen-bond donors (Lipinski definition) is 1. The van der Waals surface area contributed by atoms with E-state index in [-0.39, 0.29) is 17.8 Å². The minimum atomic E-state index is -0.443. The molecule has 7 heteroatoms. The van der Waals surface area contributed by atoms with E-state index in [4.69, 9.17) is 9.57 Å². The van der Waals surface area contributed by atoms with Crippen LogP contribution in [0, 0.1) is 5.82 Å². The molecule has 0 saturated carbocycles. The first-order valence-electron chi connectivity index (χ1n) is 7.04. The van der Waals surface area contributed by atoms with Gasteiger partial charge in [0.05, 0.1) is 19.4 Å². The summed E-state index contributed by atoms with van der Waals surface area (Å²) >= 11 is 1.47. The van der Waals surface area contributed by atoms with Crippen LogP contribution in [0.5, 0.6) is 5.75 Å².